The van der Waals surface area contributed by atoms with Gasteiger partial charge in [-0.25, -0.2) is 9.55 Å². The van der Waals surface area contributed by atoms with Crippen molar-refractivity contribution >= 4 is 36.6 Å². The first-order valence-corrected chi connectivity index (χ1v) is 13.2. The fraction of sp³-hybridized carbons (Fsp3) is 0.429. The number of nitrogen functional groups attached to an aromatic ring is 2. The molecule has 17 heteroatoms. The fourth-order valence-electron chi connectivity index (χ4n) is 3.83. The Bertz CT molecular complexity index is 1380. The molecule has 0 spiro atoms. The Labute approximate surface area is 216 Å². The molecule has 0 amide bonds. The molecule has 16 nitrogen and oxygen atoms in total. The number of nitrogens with zero attached hydrogens (tertiary/aromatic N) is 7. The summed E-state index contributed by atoms with van der Waals surface area (Å²) in [5, 5.41) is 6.40. The third kappa shape index (κ3) is 6.13. The van der Waals surface area contributed by atoms with Gasteiger partial charge in [-0.05, 0) is 31.5 Å². The highest BCUT2D eigenvalue weighted by Gasteiger charge is 2.40. The average Bonchev–Trinajstić information content (AvgIpc) is 3.48. The molecule has 3 heterocycles. The van der Waals surface area contributed by atoms with Gasteiger partial charge >= 0.3 is 13.7 Å². The van der Waals surface area contributed by atoms with Gasteiger partial charge in [0.2, 0.25) is 5.95 Å². The molecule has 3 aromatic rings. The van der Waals surface area contributed by atoms with Crippen molar-refractivity contribution < 1.29 is 27.9 Å². The molecular formula is C21H27N10O6P. The van der Waals surface area contributed by atoms with E-state index in [0.717, 1.165) is 0 Å². The number of esters is 1. The van der Waals surface area contributed by atoms with Crippen molar-refractivity contribution in [2.45, 2.75) is 44.7 Å². The van der Waals surface area contributed by atoms with E-state index in [1.54, 1.807) is 41.8 Å². The van der Waals surface area contributed by atoms with Gasteiger partial charge in [0.15, 0.2) is 11.5 Å². The van der Waals surface area contributed by atoms with Crippen molar-refractivity contribution in [3.63, 3.8) is 0 Å². The largest absolute Gasteiger partial charge is 0.465 e. The summed E-state index contributed by atoms with van der Waals surface area (Å²) in [4.78, 5) is 27.4. The molecule has 1 unspecified atom stereocenters. The lowest BCUT2D eigenvalue weighted by atomic mass is 10.1. The standard InChI is InChI=1S/C21H27N10O6P/c1-3-34-20(32)12(2)29-38(33,37-13-7-5-4-6-8-13)35-10-15-14(28-30-24)9-16(36-15)31-11-25-17-18(22)26-21(23)27-19(17)31/h4-8,11-12,14-16H,3,9-10H2,1-2H3,(H,29,33)(H4,22,23,26,27)/t12-,14-,15+,16+,38?/m0/s1. The van der Waals surface area contributed by atoms with Gasteiger partial charge in [-0.15, -0.1) is 0 Å². The van der Waals surface area contributed by atoms with E-state index >= 15 is 0 Å². The fourth-order valence-corrected chi connectivity index (χ4v) is 5.33. The minimum Gasteiger partial charge on any atom is -0.465 e. The van der Waals surface area contributed by atoms with Gasteiger partial charge < -0.3 is 25.5 Å². The number of benzene rings is 1. The van der Waals surface area contributed by atoms with Crippen molar-refractivity contribution in [1.29, 1.82) is 0 Å². The molecular weight excluding hydrogens is 519 g/mol. The van der Waals surface area contributed by atoms with Crippen molar-refractivity contribution in [3.05, 3.63) is 47.1 Å². The Morgan fingerprint density at radius 2 is 2.13 bits per heavy atom. The van der Waals surface area contributed by atoms with Crippen LogP contribution < -0.4 is 21.1 Å². The van der Waals surface area contributed by atoms with Gasteiger partial charge in [0, 0.05) is 11.3 Å². The highest BCUT2D eigenvalue weighted by Crippen LogP contribution is 2.46. The van der Waals surface area contributed by atoms with Crippen LogP contribution in [-0.2, 0) is 23.4 Å². The molecule has 2 aromatic heterocycles. The zero-order valence-electron chi connectivity index (χ0n) is 20.6. The van der Waals surface area contributed by atoms with Crippen LogP contribution in [0.25, 0.3) is 21.6 Å². The highest BCUT2D eigenvalue weighted by atomic mass is 31.2. The van der Waals surface area contributed by atoms with E-state index < -0.39 is 38.1 Å². The summed E-state index contributed by atoms with van der Waals surface area (Å²) in [6.45, 7) is 2.96. The summed E-state index contributed by atoms with van der Waals surface area (Å²) in [5.74, 6) is -0.320. The van der Waals surface area contributed by atoms with Crippen LogP contribution in [0.2, 0.25) is 0 Å². The Balaban J connectivity index is 1.54. The van der Waals surface area contributed by atoms with Crippen molar-refractivity contribution in [1.82, 2.24) is 24.6 Å². The maximum atomic E-state index is 13.7. The number of ether oxygens (including phenoxy) is 2. The van der Waals surface area contributed by atoms with E-state index in [4.69, 9.17) is 35.5 Å². The van der Waals surface area contributed by atoms with Crippen LogP contribution in [0.5, 0.6) is 5.75 Å². The van der Waals surface area contributed by atoms with Crippen LogP contribution in [0.15, 0.2) is 41.8 Å². The first-order chi connectivity index (χ1) is 18.2. The molecule has 0 bridgehead atoms. The van der Waals surface area contributed by atoms with Gasteiger partial charge in [0.25, 0.3) is 0 Å². The van der Waals surface area contributed by atoms with E-state index in [0.29, 0.717) is 11.2 Å². The van der Waals surface area contributed by atoms with E-state index in [9.17, 15) is 9.36 Å². The molecule has 0 radical (unpaired) electrons. The number of anilines is 2. The molecule has 1 fully saturated rings. The zero-order valence-corrected chi connectivity index (χ0v) is 21.5. The molecule has 0 aliphatic carbocycles. The van der Waals surface area contributed by atoms with Crippen molar-refractivity contribution in [2.75, 3.05) is 24.7 Å². The Morgan fingerprint density at radius 1 is 1.37 bits per heavy atom. The van der Waals surface area contributed by atoms with Crippen LogP contribution in [-0.4, -0.2) is 56.9 Å². The number of hydrogen-bond donors (Lipinski definition) is 3. The second-order valence-corrected chi connectivity index (χ2v) is 9.92. The van der Waals surface area contributed by atoms with Crippen LogP contribution >= 0.6 is 7.75 Å². The molecule has 1 aromatic carbocycles. The van der Waals surface area contributed by atoms with Crippen LogP contribution in [0.4, 0.5) is 11.8 Å². The number of nitrogens with two attached hydrogens (primary N) is 2. The lowest BCUT2D eigenvalue weighted by Crippen LogP contribution is -2.36. The monoisotopic (exact) mass is 546 g/mol. The van der Waals surface area contributed by atoms with Crippen LogP contribution in [0.1, 0.15) is 26.5 Å². The third-order valence-electron chi connectivity index (χ3n) is 5.55. The number of nitrogens with one attached hydrogen (secondary N) is 1. The lowest BCUT2D eigenvalue weighted by Gasteiger charge is -2.24. The number of rotatable bonds is 11. The normalized spacial score (nSPS) is 21.4. The smallest absolute Gasteiger partial charge is 0.459 e. The number of hydrogen-bond acceptors (Lipinski definition) is 12. The summed E-state index contributed by atoms with van der Waals surface area (Å²) in [5.41, 5.74) is 21.4. The quantitative estimate of drug-likeness (QED) is 0.104. The summed E-state index contributed by atoms with van der Waals surface area (Å²) in [6, 6.07) is 6.59. The van der Waals surface area contributed by atoms with E-state index in [1.807, 2.05) is 0 Å². The Hall–Kier alpha value is -3.94. The highest BCUT2D eigenvalue weighted by molar-refractivity contribution is 7.52. The average molecular weight is 546 g/mol. The van der Waals surface area contributed by atoms with Crippen molar-refractivity contribution in [3.8, 4) is 5.75 Å². The van der Waals surface area contributed by atoms with Crippen molar-refractivity contribution in [2.24, 2.45) is 5.11 Å². The van der Waals surface area contributed by atoms with Gasteiger partial charge in [-0.1, -0.05) is 23.3 Å². The zero-order chi connectivity index (χ0) is 27.3. The molecule has 0 saturated carbocycles. The molecule has 4 rings (SSSR count). The van der Waals surface area contributed by atoms with E-state index in [1.165, 1.54) is 13.3 Å². The maximum Gasteiger partial charge on any atom is 0.459 e. The summed E-state index contributed by atoms with van der Waals surface area (Å²) >= 11 is 0. The lowest BCUT2D eigenvalue weighted by molar-refractivity contribution is -0.144. The molecule has 5 N–H and O–H groups in total. The second kappa shape index (κ2) is 11.6. The summed E-state index contributed by atoms with van der Waals surface area (Å²) in [6.07, 6.45) is 0.169. The summed E-state index contributed by atoms with van der Waals surface area (Å²) < 4.78 is 37.7. The molecule has 1 aliphatic heterocycles. The third-order valence-corrected chi connectivity index (χ3v) is 7.19. The second-order valence-electron chi connectivity index (χ2n) is 8.23. The molecule has 1 aliphatic rings. The number of para-hydroxylation sites is 1. The Morgan fingerprint density at radius 3 is 2.84 bits per heavy atom. The Kier molecular flexibility index (Phi) is 8.29. The predicted octanol–water partition coefficient (Wildman–Crippen LogP) is 2.70. The first-order valence-electron chi connectivity index (χ1n) is 11.6. The number of fused-ring (bicyclic) bond motifs is 1. The predicted molar refractivity (Wildman–Crippen MR) is 135 cm³/mol. The molecule has 5 atom stereocenters. The molecule has 202 valence electrons. The first kappa shape index (κ1) is 27.1. The minimum absolute atomic E-state index is 0.0398. The SMILES string of the molecule is CCOC(=O)[C@H](C)NP(=O)(OC[C@H]1O[C@@H](n2cnc3c(N)nc(N)nc32)C[C@@H]1N=[N+]=[N-])Oc1ccccc1. The van der Waals surface area contributed by atoms with Gasteiger partial charge in [-0.2, -0.15) is 15.1 Å². The number of aromatic nitrogens is 4. The van der Waals surface area contributed by atoms with Gasteiger partial charge in [0.05, 0.1) is 31.7 Å². The minimum atomic E-state index is -4.14. The number of carbonyl (C=O) groups excluding carboxylic acids is 1. The van der Waals surface area contributed by atoms with Crippen LogP contribution in [0.3, 0.4) is 0 Å². The van der Waals surface area contributed by atoms with Gasteiger partial charge in [-0.3, -0.25) is 13.9 Å². The van der Waals surface area contributed by atoms with Crippen LogP contribution in [0, 0.1) is 0 Å². The maximum absolute atomic E-state index is 13.7. The number of azide groups is 1. The van der Waals surface area contributed by atoms with E-state index in [-0.39, 0.29) is 37.2 Å². The number of carbonyl (C=O) groups is 1. The topological polar surface area (TPSA) is 227 Å². The number of imidazole rings is 1. The molecule has 38 heavy (non-hydrogen) atoms. The van der Waals surface area contributed by atoms with E-state index in [2.05, 4.69) is 30.1 Å². The summed E-state index contributed by atoms with van der Waals surface area (Å²) in [7, 11) is -4.14. The van der Waals surface area contributed by atoms with Gasteiger partial charge in [0.1, 0.15) is 23.5 Å². The molecule has 1 saturated heterocycles.